The predicted molar refractivity (Wildman–Crippen MR) is 140 cm³/mol. The molecule has 192 valence electrons. The van der Waals surface area contributed by atoms with Gasteiger partial charge in [0.25, 0.3) is 0 Å². The van der Waals surface area contributed by atoms with Crippen molar-refractivity contribution in [1.29, 1.82) is 0 Å². The van der Waals surface area contributed by atoms with Crippen LogP contribution in [0.25, 0.3) is 0 Å². The number of ether oxygens (including phenoxy) is 1. The van der Waals surface area contributed by atoms with Gasteiger partial charge in [0, 0.05) is 11.6 Å². The van der Waals surface area contributed by atoms with E-state index in [-0.39, 0.29) is 36.3 Å². The molecule has 36 heavy (non-hydrogen) atoms. The first kappa shape index (κ1) is 26.1. The molecule has 2 saturated carbocycles. The summed E-state index contributed by atoms with van der Waals surface area (Å²) in [5, 5.41) is 5.85. The van der Waals surface area contributed by atoms with Crippen molar-refractivity contribution in [2.24, 2.45) is 11.8 Å². The first-order valence-corrected chi connectivity index (χ1v) is 13.2. The molecule has 0 heterocycles. The van der Waals surface area contributed by atoms with Crippen LogP contribution in [0.15, 0.2) is 67.3 Å². The minimum Gasteiger partial charge on any atom is -0.461 e. The van der Waals surface area contributed by atoms with E-state index >= 15 is 0 Å². The van der Waals surface area contributed by atoms with Gasteiger partial charge in [-0.2, -0.15) is 0 Å². The normalized spacial score (nSPS) is 23.1. The van der Waals surface area contributed by atoms with E-state index in [9.17, 15) is 14.0 Å². The lowest BCUT2D eigenvalue weighted by Gasteiger charge is -2.44. The molecular formula is C30H37FN2O3. The Hall–Kier alpha value is -2.99. The van der Waals surface area contributed by atoms with Crippen molar-refractivity contribution in [3.05, 3.63) is 78.6 Å². The highest BCUT2D eigenvalue weighted by Crippen LogP contribution is 2.44. The van der Waals surface area contributed by atoms with Crippen molar-refractivity contribution < 1.29 is 18.7 Å². The highest BCUT2D eigenvalue weighted by atomic mass is 19.1. The van der Waals surface area contributed by atoms with Crippen LogP contribution in [0.2, 0.25) is 0 Å². The Balaban J connectivity index is 1.31. The van der Waals surface area contributed by atoms with Crippen molar-refractivity contribution in [2.45, 2.75) is 62.9 Å². The van der Waals surface area contributed by atoms with Gasteiger partial charge in [0.05, 0.1) is 12.0 Å². The zero-order valence-corrected chi connectivity index (χ0v) is 20.9. The lowest BCUT2D eigenvalue weighted by molar-refractivity contribution is -0.169. The molecule has 3 atom stereocenters. The summed E-state index contributed by atoms with van der Waals surface area (Å²) in [4.78, 5) is 25.9. The summed E-state index contributed by atoms with van der Waals surface area (Å²) in [5.41, 5.74) is 0.943. The van der Waals surface area contributed by atoms with Crippen LogP contribution < -0.4 is 10.6 Å². The number of anilines is 1. The summed E-state index contributed by atoms with van der Waals surface area (Å²) < 4.78 is 19.5. The summed E-state index contributed by atoms with van der Waals surface area (Å²) >= 11 is 0. The van der Waals surface area contributed by atoms with E-state index in [0.29, 0.717) is 18.2 Å². The van der Waals surface area contributed by atoms with Crippen LogP contribution >= 0.6 is 0 Å². The molecule has 4 rings (SSSR count). The lowest BCUT2D eigenvalue weighted by atomic mass is 9.68. The average Bonchev–Trinajstić information content (AvgIpc) is 3.14. The summed E-state index contributed by atoms with van der Waals surface area (Å²) in [7, 11) is 0. The quantitative estimate of drug-likeness (QED) is 0.191. The Morgan fingerprint density at radius 2 is 1.81 bits per heavy atom. The molecule has 5 nitrogen and oxygen atoms in total. The van der Waals surface area contributed by atoms with E-state index in [4.69, 9.17) is 4.74 Å². The number of halogens is 1. The fourth-order valence-electron chi connectivity index (χ4n) is 5.70. The first-order valence-electron chi connectivity index (χ1n) is 13.2. The second kappa shape index (κ2) is 12.3. The second-order valence-electron chi connectivity index (χ2n) is 10.1. The van der Waals surface area contributed by atoms with Gasteiger partial charge in [-0.3, -0.25) is 9.59 Å². The monoisotopic (exact) mass is 492 g/mol. The van der Waals surface area contributed by atoms with Crippen LogP contribution in [0.5, 0.6) is 0 Å². The van der Waals surface area contributed by atoms with Crippen LogP contribution in [0.1, 0.15) is 56.9 Å². The Morgan fingerprint density at radius 3 is 2.50 bits per heavy atom. The molecule has 2 aromatic rings. The summed E-state index contributed by atoms with van der Waals surface area (Å²) in [5.74, 6) is -0.220. The molecule has 1 amide bonds. The molecule has 0 spiro atoms. The molecule has 0 aromatic heterocycles. The van der Waals surface area contributed by atoms with Crippen molar-refractivity contribution >= 4 is 17.6 Å². The number of carbonyl (C=O) groups excluding carboxylic acids is 2. The Kier molecular flexibility index (Phi) is 8.92. The molecule has 6 heteroatoms. The molecule has 0 bridgehead atoms. The van der Waals surface area contributed by atoms with Crippen LogP contribution in [-0.2, 0) is 19.7 Å². The number of benzene rings is 2. The molecule has 2 N–H and O–H groups in total. The fraction of sp³-hybridized carbons (Fsp3) is 0.467. The molecular weight excluding hydrogens is 455 g/mol. The second-order valence-corrected chi connectivity index (χ2v) is 10.1. The highest BCUT2D eigenvalue weighted by molar-refractivity contribution is 5.92. The van der Waals surface area contributed by atoms with Gasteiger partial charge in [0.15, 0.2) is 0 Å². The summed E-state index contributed by atoms with van der Waals surface area (Å²) in [6, 6.07) is 16.0. The maximum absolute atomic E-state index is 13.7. The number of carbonyl (C=O) groups is 2. The van der Waals surface area contributed by atoms with E-state index in [0.717, 1.165) is 56.9 Å². The average molecular weight is 493 g/mol. The first-order chi connectivity index (χ1) is 17.5. The number of hydrogen-bond acceptors (Lipinski definition) is 4. The summed E-state index contributed by atoms with van der Waals surface area (Å²) in [6.07, 6.45) is 9.45. The van der Waals surface area contributed by atoms with Crippen LogP contribution in [0, 0.1) is 17.7 Å². The number of esters is 1. The third-order valence-corrected chi connectivity index (χ3v) is 7.82. The largest absolute Gasteiger partial charge is 0.461 e. The molecule has 2 aromatic carbocycles. The van der Waals surface area contributed by atoms with Gasteiger partial charge in [-0.1, -0.05) is 68.2 Å². The maximum Gasteiger partial charge on any atom is 0.316 e. The van der Waals surface area contributed by atoms with Gasteiger partial charge >= 0.3 is 5.97 Å². The van der Waals surface area contributed by atoms with Gasteiger partial charge in [-0.15, -0.1) is 6.58 Å². The topological polar surface area (TPSA) is 67.4 Å². The minimum atomic E-state index is -0.561. The fourth-order valence-corrected chi connectivity index (χ4v) is 5.70. The Labute approximate surface area is 213 Å². The number of rotatable bonds is 10. The smallest absolute Gasteiger partial charge is 0.316 e. The standard InChI is InChI=1S/C30H37FN2O3/c1-2-22-19-27(26(22)15-18-32-21-28(34)33-25-14-10-13-24(31)20-25)36-29(35)30(16-8-3-4-9-17-30)23-11-6-5-7-12-23/h2,5-7,10-14,20,22,26-27,32H,1,3-4,8-9,15-19,21H2,(H,33,34)/t22?,26?,27-/m0/s1. The van der Waals surface area contributed by atoms with Crippen molar-refractivity contribution in [3.63, 3.8) is 0 Å². The Morgan fingerprint density at radius 1 is 1.06 bits per heavy atom. The summed E-state index contributed by atoms with van der Waals surface area (Å²) in [6.45, 7) is 4.71. The van der Waals surface area contributed by atoms with E-state index in [2.05, 4.69) is 29.3 Å². The molecule has 2 unspecified atom stereocenters. The van der Waals surface area contributed by atoms with E-state index in [1.165, 1.54) is 12.1 Å². The van der Waals surface area contributed by atoms with Crippen LogP contribution in [-0.4, -0.2) is 31.1 Å². The molecule has 0 saturated heterocycles. The van der Waals surface area contributed by atoms with Gasteiger partial charge < -0.3 is 15.4 Å². The van der Waals surface area contributed by atoms with Gasteiger partial charge in [0.2, 0.25) is 5.91 Å². The lowest BCUT2D eigenvalue weighted by Crippen LogP contribution is -2.48. The Bertz CT molecular complexity index is 1030. The van der Waals surface area contributed by atoms with E-state index < -0.39 is 5.41 Å². The van der Waals surface area contributed by atoms with Gasteiger partial charge in [0.1, 0.15) is 11.9 Å². The molecule has 2 aliphatic rings. The third kappa shape index (κ3) is 6.22. The molecule has 0 radical (unpaired) electrons. The number of allylic oxidation sites excluding steroid dienone is 1. The van der Waals surface area contributed by atoms with Crippen molar-refractivity contribution in [2.75, 3.05) is 18.4 Å². The highest BCUT2D eigenvalue weighted by Gasteiger charge is 2.47. The van der Waals surface area contributed by atoms with Crippen molar-refractivity contribution in [1.82, 2.24) is 5.32 Å². The van der Waals surface area contributed by atoms with Gasteiger partial charge in [-0.25, -0.2) is 4.39 Å². The zero-order valence-electron chi connectivity index (χ0n) is 20.9. The van der Waals surface area contributed by atoms with Crippen LogP contribution in [0.4, 0.5) is 10.1 Å². The van der Waals surface area contributed by atoms with Gasteiger partial charge in [-0.05, 0) is 61.9 Å². The predicted octanol–water partition coefficient (Wildman–Crippen LogP) is 5.77. The SMILES string of the molecule is C=CC1C[C@H](OC(=O)C2(c3ccccc3)CCCCCC2)C1CCNCC(=O)Nc1cccc(F)c1. The molecule has 2 aliphatic carbocycles. The minimum absolute atomic E-state index is 0.0875. The number of nitrogens with one attached hydrogen (secondary N) is 2. The molecule has 2 fully saturated rings. The maximum atomic E-state index is 13.7. The zero-order chi connectivity index (χ0) is 25.4. The number of hydrogen-bond donors (Lipinski definition) is 2. The van der Waals surface area contributed by atoms with Crippen LogP contribution in [0.3, 0.4) is 0 Å². The van der Waals surface area contributed by atoms with E-state index in [1.54, 1.807) is 12.1 Å². The third-order valence-electron chi connectivity index (χ3n) is 7.82. The molecule has 0 aliphatic heterocycles. The van der Waals surface area contributed by atoms with Crippen molar-refractivity contribution in [3.8, 4) is 0 Å². The number of amides is 1. The van der Waals surface area contributed by atoms with E-state index in [1.807, 2.05) is 24.3 Å².